The first-order chi connectivity index (χ1) is 14.3. The second-order valence-electron chi connectivity index (χ2n) is 7.92. The summed E-state index contributed by atoms with van der Waals surface area (Å²) in [5.41, 5.74) is -0.903. The number of ether oxygens (including phenoxy) is 1. The molecule has 12 heteroatoms. The highest BCUT2D eigenvalue weighted by Crippen LogP contribution is 2.44. The van der Waals surface area contributed by atoms with Gasteiger partial charge in [-0.2, -0.15) is 18.2 Å². The van der Waals surface area contributed by atoms with Crippen molar-refractivity contribution >= 4 is 15.7 Å². The van der Waals surface area contributed by atoms with E-state index >= 15 is 0 Å². The molecule has 0 spiro atoms. The lowest BCUT2D eigenvalue weighted by Crippen LogP contribution is -2.49. The number of nitrogens with one attached hydrogen (secondary N) is 1. The molecule has 1 aliphatic rings. The van der Waals surface area contributed by atoms with Gasteiger partial charge in [-0.05, 0) is 43.4 Å². The number of carbonyl (C=O) groups is 1. The van der Waals surface area contributed by atoms with E-state index < -0.39 is 39.8 Å². The predicted molar refractivity (Wildman–Crippen MR) is 104 cm³/mol. The van der Waals surface area contributed by atoms with Crippen LogP contribution in [0.3, 0.4) is 0 Å². The number of hydrogen-bond donors (Lipinski definition) is 1. The maximum Gasteiger partial charge on any atom is 0.422 e. The van der Waals surface area contributed by atoms with Gasteiger partial charge in [0, 0.05) is 18.7 Å². The van der Waals surface area contributed by atoms with Crippen molar-refractivity contribution < 1.29 is 35.6 Å². The minimum absolute atomic E-state index is 0.0153. The molecule has 0 radical (unpaired) electrons. The minimum atomic E-state index is -4.52. The van der Waals surface area contributed by atoms with Gasteiger partial charge < -0.3 is 14.6 Å². The predicted octanol–water partition coefficient (Wildman–Crippen LogP) is 2.89. The molecule has 1 aliphatic carbocycles. The molecule has 2 aromatic rings. The zero-order chi connectivity index (χ0) is 23.0. The molecule has 1 fully saturated rings. The average Bonchev–Trinajstić information content (AvgIpc) is 3.37. The number of nitrogens with zero attached hydrogens (tertiary/aromatic N) is 2. The van der Waals surface area contributed by atoms with Crippen molar-refractivity contribution in [3.8, 4) is 5.75 Å². The Morgan fingerprint density at radius 3 is 2.52 bits per heavy atom. The van der Waals surface area contributed by atoms with Crippen molar-refractivity contribution in [2.24, 2.45) is 0 Å². The normalized spacial score (nSPS) is 16.6. The Morgan fingerprint density at radius 2 is 2.00 bits per heavy atom. The van der Waals surface area contributed by atoms with Crippen LogP contribution >= 0.6 is 0 Å². The smallest absolute Gasteiger partial charge is 0.422 e. The van der Waals surface area contributed by atoms with Crippen LogP contribution in [0.2, 0.25) is 0 Å². The lowest BCUT2D eigenvalue weighted by Gasteiger charge is -2.27. The summed E-state index contributed by atoms with van der Waals surface area (Å²) in [5, 5.41) is 6.30. The fourth-order valence-electron chi connectivity index (χ4n) is 3.22. The number of aryl methyl sites for hydroxylation is 1. The third-order valence-electron chi connectivity index (χ3n) is 4.65. The topological polar surface area (TPSA) is 111 Å². The van der Waals surface area contributed by atoms with Gasteiger partial charge in [-0.25, -0.2) is 8.42 Å². The van der Waals surface area contributed by atoms with Gasteiger partial charge in [0.25, 0.3) is 5.91 Å². The number of rotatable bonds is 8. The molecule has 1 aromatic heterocycles. The molecule has 0 aliphatic heterocycles. The number of amides is 1. The Hall–Kier alpha value is -2.63. The van der Waals surface area contributed by atoms with Crippen LogP contribution in [-0.2, 0) is 15.4 Å². The van der Waals surface area contributed by atoms with Crippen LogP contribution in [-0.4, -0.2) is 49.3 Å². The summed E-state index contributed by atoms with van der Waals surface area (Å²) < 4.78 is 71.6. The van der Waals surface area contributed by atoms with Gasteiger partial charge in [0.15, 0.2) is 12.4 Å². The van der Waals surface area contributed by atoms with Crippen molar-refractivity contribution in [2.75, 3.05) is 18.6 Å². The summed E-state index contributed by atoms with van der Waals surface area (Å²) in [6, 6.07) is 4.26. The van der Waals surface area contributed by atoms with Gasteiger partial charge in [-0.1, -0.05) is 11.2 Å². The summed E-state index contributed by atoms with van der Waals surface area (Å²) >= 11 is 0. The third kappa shape index (κ3) is 6.18. The zero-order valence-corrected chi connectivity index (χ0v) is 17.9. The highest BCUT2D eigenvalue weighted by Gasteiger charge is 2.38. The van der Waals surface area contributed by atoms with E-state index in [9.17, 15) is 26.4 Å². The zero-order valence-electron chi connectivity index (χ0n) is 17.1. The monoisotopic (exact) mass is 461 g/mol. The molecular weight excluding hydrogens is 439 g/mol. The lowest BCUT2D eigenvalue weighted by atomic mass is 10.0. The third-order valence-corrected chi connectivity index (χ3v) is 5.75. The first kappa shape index (κ1) is 23.0. The number of aromatic nitrogens is 2. The van der Waals surface area contributed by atoms with Crippen LogP contribution in [0.1, 0.15) is 53.3 Å². The van der Waals surface area contributed by atoms with E-state index in [0.717, 1.165) is 19.1 Å². The number of hydrogen-bond acceptors (Lipinski definition) is 7. The first-order valence-electron chi connectivity index (χ1n) is 9.40. The molecule has 1 aromatic carbocycles. The Balaban J connectivity index is 1.89. The van der Waals surface area contributed by atoms with Crippen molar-refractivity contribution in [3.63, 3.8) is 0 Å². The molecule has 170 valence electrons. The van der Waals surface area contributed by atoms with Crippen LogP contribution in [0.5, 0.6) is 5.75 Å². The second kappa shape index (κ2) is 8.13. The molecule has 0 saturated heterocycles. The van der Waals surface area contributed by atoms with Gasteiger partial charge in [-0.3, -0.25) is 4.79 Å². The number of carbonyl (C=O) groups excluding carboxylic acids is 1. The molecule has 1 saturated carbocycles. The Morgan fingerprint density at radius 1 is 1.32 bits per heavy atom. The Labute approximate surface area is 177 Å². The molecule has 1 atom stereocenters. The largest absolute Gasteiger partial charge is 0.484 e. The van der Waals surface area contributed by atoms with Gasteiger partial charge in [0.05, 0.1) is 5.75 Å². The molecule has 1 heterocycles. The number of halogens is 3. The second-order valence-corrected chi connectivity index (χ2v) is 10.1. The average molecular weight is 461 g/mol. The molecule has 8 nitrogen and oxygen atoms in total. The fourth-order valence-corrected chi connectivity index (χ4v) is 4.47. The highest BCUT2D eigenvalue weighted by atomic mass is 32.2. The van der Waals surface area contributed by atoms with Gasteiger partial charge in [0.1, 0.15) is 21.1 Å². The van der Waals surface area contributed by atoms with Crippen LogP contribution in [0.4, 0.5) is 13.2 Å². The molecular formula is C19H22F3N3O5S. The van der Waals surface area contributed by atoms with Crippen LogP contribution < -0.4 is 10.1 Å². The SMILES string of the molecule is Cc1nc([C@@](C)(CS(C)(=O)=O)NC(=O)c2ccc(C3CC3)c(OCC(F)(F)F)c2)no1. The lowest BCUT2D eigenvalue weighted by molar-refractivity contribution is -0.153. The quantitative estimate of drug-likeness (QED) is 0.643. The van der Waals surface area contributed by atoms with Crippen molar-refractivity contribution in [1.82, 2.24) is 15.5 Å². The molecule has 1 amide bonds. The van der Waals surface area contributed by atoms with E-state index in [1.807, 2.05) is 0 Å². The van der Waals surface area contributed by atoms with E-state index in [4.69, 9.17) is 9.26 Å². The highest BCUT2D eigenvalue weighted by molar-refractivity contribution is 7.90. The maximum absolute atomic E-state index is 12.9. The Bertz CT molecular complexity index is 1080. The van der Waals surface area contributed by atoms with E-state index in [1.165, 1.54) is 26.0 Å². The van der Waals surface area contributed by atoms with Crippen LogP contribution in [0.15, 0.2) is 22.7 Å². The summed E-state index contributed by atoms with van der Waals surface area (Å²) in [6.07, 6.45) is -1.86. The van der Waals surface area contributed by atoms with E-state index in [-0.39, 0.29) is 28.9 Å². The fraction of sp³-hybridized carbons (Fsp3) is 0.526. The van der Waals surface area contributed by atoms with E-state index in [2.05, 4.69) is 15.5 Å². The molecule has 31 heavy (non-hydrogen) atoms. The molecule has 0 bridgehead atoms. The number of alkyl halides is 3. The van der Waals surface area contributed by atoms with E-state index in [1.54, 1.807) is 6.07 Å². The molecule has 0 unspecified atom stereocenters. The number of sulfone groups is 1. The van der Waals surface area contributed by atoms with Crippen LogP contribution in [0, 0.1) is 6.92 Å². The summed E-state index contributed by atoms with van der Waals surface area (Å²) in [4.78, 5) is 16.9. The van der Waals surface area contributed by atoms with Crippen molar-refractivity contribution in [3.05, 3.63) is 41.0 Å². The Kier molecular flexibility index (Phi) is 6.05. The van der Waals surface area contributed by atoms with Crippen molar-refractivity contribution in [2.45, 2.75) is 44.3 Å². The standard InChI is InChI=1S/C19H22F3N3O5S/c1-11-23-17(25-30-11)18(2,10-31(3,27)28)24-16(26)13-6-7-14(12-4-5-12)15(8-13)29-9-19(20,21)22/h6-8,12H,4-5,9-10H2,1-3H3,(H,24,26)/t18-/m1/s1. The minimum Gasteiger partial charge on any atom is -0.484 e. The number of benzene rings is 1. The van der Waals surface area contributed by atoms with Gasteiger partial charge in [-0.15, -0.1) is 0 Å². The summed E-state index contributed by atoms with van der Waals surface area (Å²) in [7, 11) is -3.58. The van der Waals surface area contributed by atoms with Gasteiger partial charge in [0.2, 0.25) is 5.89 Å². The van der Waals surface area contributed by atoms with Gasteiger partial charge >= 0.3 is 6.18 Å². The molecule has 3 rings (SSSR count). The molecule has 1 N–H and O–H groups in total. The first-order valence-corrected chi connectivity index (χ1v) is 11.5. The van der Waals surface area contributed by atoms with E-state index in [0.29, 0.717) is 5.56 Å². The summed E-state index contributed by atoms with van der Waals surface area (Å²) in [6.45, 7) is 1.46. The van der Waals surface area contributed by atoms with Crippen LogP contribution in [0.25, 0.3) is 0 Å². The van der Waals surface area contributed by atoms with Crippen molar-refractivity contribution in [1.29, 1.82) is 0 Å². The maximum atomic E-state index is 12.9. The summed E-state index contributed by atoms with van der Waals surface area (Å²) in [5.74, 6) is -1.01.